The van der Waals surface area contributed by atoms with Crippen LogP contribution < -0.4 is 22.1 Å². The van der Waals surface area contributed by atoms with Crippen LogP contribution in [0.25, 0.3) is 0 Å². The van der Waals surface area contributed by atoms with E-state index < -0.39 is 29.8 Å². The van der Waals surface area contributed by atoms with E-state index in [1.807, 2.05) is 34.6 Å². The van der Waals surface area contributed by atoms with Crippen molar-refractivity contribution in [3.05, 3.63) is 12.7 Å². The van der Waals surface area contributed by atoms with Crippen molar-refractivity contribution in [1.82, 2.24) is 10.6 Å². The molecule has 0 aliphatic heterocycles. The van der Waals surface area contributed by atoms with E-state index in [-0.39, 0.29) is 17.9 Å². The van der Waals surface area contributed by atoms with Gasteiger partial charge in [0.25, 0.3) is 0 Å². The van der Waals surface area contributed by atoms with Crippen LogP contribution >= 0.6 is 0 Å². The maximum atomic E-state index is 12.6. The van der Waals surface area contributed by atoms with Crippen LogP contribution in [0.1, 0.15) is 67.2 Å². The highest BCUT2D eigenvalue weighted by molar-refractivity contribution is 5.92. The van der Waals surface area contributed by atoms with E-state index >= 15 is 0 Å². The fourth-order valence-electron chi connectivity index (χ4n) is 2.68. The van der Waals surface area contributed by atoms with Gasteiger partial charge in [-0.2, -0.15) is 0 Å². The second-order valence-electron chi connectivity index (χ2n) is 6.91. The standard InChI is InChI=1S/C19H35N3O4.C2H6.CH5N/c1-7-9-11-15(26-6)13(5)18(24)22-16(12(3)4)19(25)21-14(10-8-2)17(20)23;2*1-2/h7,12-16H,1,8-11H2,2-6H3,(H2,20,23)(H,21,25)(H,22,24);1-2H3;2H2,1H3. The van der Waals surface area contributed by atoms with Crippen LogP contribution in [0.5, 0.6) is 0 Å². The van der Waals surface area contributed by atoms with Gasteiger partial charge in [0.1, 0.15) is 12.1 Å². The quantitative estimate of drug-likeness (QED) is 0.332. The number of amides is 3. The van der Waals surface area contributed by atoms with Gasteiger partial charge in [-0.3, -0.25) is 14.4 Å². The van der Waals surface area contributed by atoms with Gasteiger partial charge in [-0.1, -0.05) is 54.0 Å². The van der Waals surface area contributed by atoms with Crippen molar-refractivity contribution in [2.75, 3.05) is 14.2 Å². The summed E-state index contributed by atoms with van der Waals surface area (Å²) in [6, 6.07) is -1.48. The number of hydrogen-bond acceptors (Lipinski definition) is 5. The van der Waals surface area contributed by atoms with E-state index in [0.29, 0.717) is 19.3 Å². The molecule has 0 aliphatic rings. The number of ether oxygens (including phenoxy) is 1. The Kier molecular flexibility index (Phi) is 22.2. The van der Waals surface area contributed by atoms with Gasteiger partial charge in [0.15, 0.2) is 0 Å². The summed E-state index contributed by atoms with van der Waals surface area (Å²) in [6.07, 6.45) is 4.10. The first-order valence-corrected chi connectivity index (χ1v) is 10.8. The summed E-state index contributed by atoms with van der Waals surface area (Å²) in [6.45, 7) is 15.0. The number of primary amides is 1. The lowest BCUT2D eigenvalue weighted by Crippen LogP contribution is -2.56. The van der Waals surface area contributed by atoms with Gasteiger partial charge < -0.3 is 26.8 Å². The summed E-state index contributed by atoms with van der Waals surface area (Å²) < 4.78 is 5.40. The van der Waals surface area contributed by atoms with E-state index in [9.17, 15) is 14.4 Å². The smallest absolute Gasteiger partial charge is 0.243 e. The third kappa shape index (κ3) is 13.3. The highest BCUT2D eigenvalue weighted by Gasteiger charge is 2.31. The Hall–Kier alpha value is -1.93. The predicted octanol–water partition coefficient (Wildman–Crippen LogP) is 2.12. The Bertz CT molecular complexity index is 484. The minimum atomic E-state index is -0.749. The number of carbonyl (C=O) groups excluding carboxylic acids is 3. The molecule has 0 heterocycles. The van der Waals surface area contributed by atoms with Crippen molar-refractivity contribution in [2.45, 2.75) is 85.4 Å². The summed E-state index contributed by atoms with van der Waals surface area (Å²) in [7, 11) is 3.06. The summed E-state index contributed by atoms with van der Waals surface area (Å²) >= 11 is 0. The van der Waals surface area contributed by atoms with Crippen LogP contribution in [0.3, 0.4) is 0 Å². The molecule has 0 fully saturated rings. The molecule has 0 aromatic rings. The van der Waals surface area contributed by atoms with Crippen molar-refractivity contribution in [3.8, 4) is 0 Å². The molecule has 178 valence electrons. The van der Waals surface area contributed by atoms with Gasteiger partial charge in [-0.15, -0.1) is 6.58 Å². The molecule has 0 saturated heterocycles. The van der Waals surface area contributed by atoms with Crippen molar-refractivity contribution >= 4 is 17.7 Å². The predicted molar refractivity (Wildman–Crippen MR) is 124 cm³/mol. The number of carbonyl (C=O) groups is 3. The molecule has 0 bridgehead atoms. The van der Waals surface area contributed by atoms with Gasteiger partial charge in [0.05, 0.1) is 12.0 Å². The first kappa shape index (κ1) is 32.7. The zero-order chi connectivity index (χ0) is 24.3. The summed E-state index contributed by atoms with van der Waals surface area (Å²) in [5.41, 5.74) is 9.84. The van der Waals surface area contributed by atoms with Crippen LogP contribution in [0, 0.1) is 11.8 Å². The molecule has 8 heteroatoms. The molecule has 0 saturated carbocycles. The topological polar surface area (TPSA) is 137 Å². The van der Waals surface area contributed by atoms with Crippen molar-refractivity contribution in [2.24, 2.45) is 23.3 Å². The molecule has 0 spiro atoms. The summed E-state index contributed by atoms with van der Waals surface area (Å²) in [5.74, 6) is -1.81. The van der Waals surface area contributed by atoms with Gasteiger partial charge in [-0.05, 0) is 32.2 Å². The number of allylic oxidation sites excluding steroid dienone is 1. The lowest BCUT2D eigenvalue weighted by molar-refractivity contribution is -0.135. The molecule has 0 aliphatic carbocycles. The summed E-state index contributed by atoms with van der Waals surface area (Å²) in [4.78, 5) is 36.6. The zero-order valence-corrected chi connectivity index (χ0v) is 20.3. The van der Waals surface area contributed by atoms with Crippen LogP contribution in [0.2, 0.25) is 0 Å². The second-order valence-corrected chi connectivity index (χ2v) is 6.91. The zero-order valence-electron chi connectivity index (χ0n) is 20.3. The Morgan fingerprint density at radius 3 is 1.93 bits per heavy atom. The second kappa shape index (κ2) is 20.3. The average Bonchev–Trinajstić information content (AvgIpc) is 2.74. The molecular weight excluding hydrogens is 384 g/mol. The highest BCUT2D eigenvalue weighted by Crippen LogP contribution is 2.15. The first-order chi connectivity index (χ1) is 14.2. The van der Waals surface area contributed by atoms with E-state index in [2.05, 4.69) is 22.9 Å². The molecule has 30 heavy (non-hydrogen) atoms. The van der Waals surface area contributed by atoms with Gasteiger partial charge >= 0.3 is 0 Å². The normalized spacial score (nSPS) is 13.9. The van der Waals surface area contributed by atoms with Crippen LogP contribution in [-0.2, 0) is 19.1 Å². The fraction of sp³-hybridized carbons (Fsp3) is 0.773. The number of nitrogens with two attached hydrogens (primary N) is 2. The molecular formula is C22H46N4O4. The van der Waals surface area contributed by atoms with E-state index in [4.69, 9.17) is 10.5 Å². The largest absolute Gasteiger partial charge is 0.381 e. The minimum Gasteiger partial charge on any atom is -0.381 e. The third-order valence-corrected chi connectivity index (χ3v) is 4.41. The third-order valence-electron chi connectivity index (χ3n) is 4.41. The molecule has 8 nitrogen and oxygen atoms in total. The monoisotopic (exact) mass is 430 g/mol. The van der Waals surface area contributed by atoms with Crippen molar-refractivity contribution in [1.29, 1.82) is 0 Å². The molecule has 3 amide bonds. The van der Waals surface area contributed by atoms with Crippen molar-refractivity contribution in [3.63, 3.8) is 0 Å². The Morgan fingerprint density at radius 2 is 1.57 bits per heavy atom. The Balaban J connectivity index is -0.00000171. The maximum Gasteiger partial charge on any atom is 0.243 e. The molecule has 6 N–H and O–H groups in total. The maximum absolute atomic E-state index is 12.6. The SMILES string of the molecule is C=CCCC(OC)C(C)C(=O)NC(C(=O)NC(CCC)C(N)=O)C(C)C.CC.CN. The number of nitrogens with one attached hydrogen (secondary N) is 2. The number of rotatable bonds is 13. The van der Waals surface area contributed by atoms with E-state index in [1.54, 1.807) is 20.1 Å². The lowest BCUT2D eigenvalue weighted by Gasteiger charge is -2.27. The minimum absolute atomic E-state index is 0.143. The van der Waals surface area contributed by atoms with Crippen LogP contribution in [0.4, 0.5) is 0 Å². The molecule has 4 atom stereocenters. The summed E-state index contributed by atoms with van der Waals surface area (Å²) in [5, 5.41) is 5.43. The molecule has 0 rings (SSSR count). The van der Waals surface area contributed by atoms with Crippen LogP contribution in [0.15, 0.2) is 12.7 Å². The van der Waals surface area contributed by atoms with E-state index in [0.717, 1.165) is 6.42 Å². The lowest BCUT2D eigenvalue weighted by atomic mass is 9.96. The van der Waals surface area contributed by atoms with E-state index in [1.165, 1.54) is 7.05 Å². The van der Waals surface area contributed by atoms with Gasteiger partial charge in [0, 0.05) is 7.11 Å². The molecule has 0 aromatic carbocycles. The van der Waals surface area contributed by atoms with Gasteiger partial charge in [-0.25, -0.2) is 0 Å². The Labute approximate surface area is 183 Å². The highest BCUT2D eigenvalue weighted by atomic mass is 16.5. The van der Waals surface area contributed by atoms with Crippen LogP contribution in [-0.4, -0.2) is 50.1 Å². The fourth-order valence-corrected chi connectivity index (χ4v) is 2.68. The van der Waals surface area contributed by atoms with Crippen molar-refractivity contribution < 1.29 is 19.1 Å². The average molecular weight is 431 g/mol. The number of hydrogen-bond donors (Lipinski definition) is 4. The Morgan fingerprint density at radius 1 is 1.03 bits per heavy atom. The molecule has 0 aromatic heterocycles. The molecule has 0 radical (unpaired) electrons. The first-order valence-electron chi connectivity index (χ1n) is 10.8. The molecule has 4 unspecified atom stereocenters. The number of methoxy groups -OCH3 is 1. The van der Waals surface area contributed by atoms with Gasteiger partial charge in [0.2, 0.25) is 17.7 Å².